The van der Waals surface area contributed by atoms with Crippen LogP contribution in [0.15, 0.2) is 24.3 Å². The van der Waals surface area contributed by atoms with Gasteiger partial charge in [0, 0.05) is 29.8 Å². The Balaban J connectivity index is 2.00. The number of piperidine rings is 1. The van der Waals surface area contributed by atoms with Gasteiger partial charge in [0.2, 0.25) is 0 Å². The zero-order chi connectivity index (χ0) is 13.0. The van der Waals surface area contributed by atoms with Crippen LogP contribution in [0.4, 0.5) is 10.5 Å². The summed E-state index contributed by atoms with van der Waals surface area (Å²) >= 11 is 5.80. The molecule has 0 aromatic heterocycles. The molecule has 1 unspecified atom stereocenters. The Morgan fingerprint density at radius 3 is 2.78 bits per heavy atom. The molecule has 2 rings (SSSR count). The highest BCUT2D eigenvalue weighted by Crippen LogP contribution is 2.19. The zero-order valence-electron chi connectivity index (χ0n) is 10.2. The third kappa shape index (κ3) is 3.15. The summed E-state index contributed by atoms with van der Waals surface area (Å²) in [4.78, 5) is 14.0. The van der Waals surface area contributed by atoms with Gasteiger partial charge >= 0.3 is 6.03 Å². The minimum Gasteiger partial charge on any atom is -0.328 e. The lowest BCUT2D eigenvalue weighted by Crippen LogP contribution is -2.49. The Kier molecular flexibility index (Phi) is 4.44. The van der Waals surface area contributed by atoms with Gasteiger partial charge in [-0.2, -0.15) is 0 Å². The number of nitrogens with one attached hydrogen (secondary N) is 1. The monoisotopic (exact) mass is 267 g/mol. The van der Waals surface area contributed by atoms with Gasteiger partial charge in [-0.1, -0.05) is 11.6 Å². The van der Waals surface area contributed by atoms with Crippen LogP contribution < -0.4 is 11.1 Å². The molecule has 1 saturated heterocycles. The van der Waals surface area contributed by atoms with Gasteiger partial charge < -0.3 is 16.0 Å². The average Bonchev–Trinajstić information content (AvgIpc) is 2.41. The highest BCUT2D eigenvalue weighted by atomic mass is 35.5. The number of halogens is 1. The second-order valence-electron chi connectivity index (χ2n) is 4.52. The van der Waals surface area contributed by atoms with Gasteiger partial charge in [0.15, 0.2) is 0 Å². The number of nitrogens with two attached hydrogens (primary N) is 1. The summed E-state index contributed by atoms with van der Waals surface area (Å²) in [5.74, 6) is 0. The number of urea groups is 1. The molecule has 1 aromatic rings. The number of nitrogens with zero attached hydrogens (tertiary/aromatic N) is 1. The maximum absolute atomic E-state index is 12.1. The van der Waals surface area contributed by atoms with Gasteiger partial charge in [-0.25, -0.2) is 4.79 Å². The van der Waals surface area contributed by atoms with Crippen LogP contribution in [0.25, 0.3) is 0 Å². The molecular weight excluding hydrogens is 250 g/mol. The molecule has 1 aliphatic rings. The smallest absolute Gasteiger partial charge is 0.322 e. The van der Waals surface area contributed by atoms with Crippen molar-refractivity contribution in [2.75, 3.05) is 18.4 Å². The van der Waals surface area contributed by atoms with Crippen molar-refractivity contribution in [2.45, 2.75) is 25.3 Å². The van der Waals surface area contributed by atoms with E-state index in [1.165, 1.54) is 0 Å². The standard InChI is InChI=1S/C13H18ClN3O/c14-10-4-6-11(7-5-10)16-13(18)17-8-2-1-3-12(17)9-15/h4-7,12H,1-3,8-9,15H2,(H,16,18). The zero-order valence-corrected chi connectivity index (χ0v) is 11.0. The number of hydrogen-bond donors (Lipinski definition) is 2. The molecule has 0 radical (unpaired) electrons. The van der Waals surface area contributed by atoms with E-state index in [1.54, 1.807) is 24.3 Å². The second kappa shape index (κ2) is 6.07. The third-order valence-corrected chi connectivity index (χ3v) is 3.51. The molecule has 1 heterocycles. The highest BCUT2D eigenvalue weighted by Gasteiger charge is 2.25. The molecule has 1 aliphatic heterocycles. The van der Waals surface area contributed by atoms with Gasteiger partial charge in [0.1, 0.15) is 0 Å². The molecule has 1 atom stereocenters. The van der Waals surface area contributed by atoms with E-state index in [0.717, 1.165) is 31.5 Å². The predicted octanol–water partition coefficient (Wildman–Crippen LogP) is 2.69. The number of carbonyl (C=O) groups is 1. The molecular formula is C13H18ClN3O. The molecule has 3 N–H and O–H groups in total. The largest absolute Gasteiger partial charge is 0.328 e. The number of hydrogen-bond acceptors (Lipinski definition) is 2. The Labute approximate surface area is 112 Å². The molecule has 98 valence electrons. The van der Waals surface area contributed by atoms with Crippen LogP contribution in [0.3, 0.4) is 0 Å². The van der Waals surface area contributed by atoms with Crippen molar-refractivity contribution in [2.24, 2.45) is 5.73 Å². The van der Waals surface area contributed by atoms with E-state index >= 15 is 0 Å². The predicted molar refractivity (Wildman–Crippen MR) is 73.9 cm³/mol. The molecule has 0 saturated carbocycles. The highest BCUT2D eigenvalue weighted by molar-refractivity contribution is 6.30. The fourth-order valence-corrected chi connectivity index (χ4v) is 2.37. The first-order valence-electron chi connectivity index (χ1n) is 6.24. The second-order valence-corrected chi connectivity index (χ2v) is 4.95. The number of rotatable bonds is 2. The minimum absolute atomic E-state index is 0.0764. The van der Waals surface area contributed by atoms with E-state index in [1.807, 2.05) is 4.90 Å². The summed E-state index contributed by atoms with van der Waals surface area (Å²) in [5.41, 5.74) is 6.46. The van der Waals surface area contributed by atoms with Crippen molar-refractivity contribution in [1.29, 1.82) is 0 Å². The SMILES string of the molecule is NCC1CCCCN1C(=O)Nc1ccc(Cl)cc1. The third-order valence-electron chi connectivity index (χ3n) is 3.26. The van der Waals surface area contributed by atoms with Gasteiger partial charge in [-0.05, 0) is 43.5 Å². The molecule has 2 amide bonds. The maximum atomic E-state index is 12.1. The minimum atomic E-state index is -0.0764. The quantitative estimate of drug-likeness (QED) is 0.866. The Morgan fingerprint density at radius 2 is 2.11 bits per heavy atom. The summed E-state index contributed by atoms with van der Waals surface area (Å²) in [7, 11) is 0. The van der Waals surface area contributed by atoms with Crippen molar-refractivity contribution in [3.63, 3.8) is 0 Å². The van der Waals surface area contributed by atoms with E-state index in [2.05, 4.69) is 5.32 Å². The van der Waals surface area contributed by atoms with Gasteiger partial charge in [0.25, 0.3) is 0 Å². The summed E-state index contributed by atoms with van der Waals surface area (Å²) in [6, 6.07) is 7.18. The van der Waals surface area contributed by atoms with Crippen molar-refractivity contribution in [1.82, 2.24) is 4.90 Å². The lowest BCUT2D eigenvalue weighted by Gasteiger charge is -2.34. The summed E-state index contributed by atoms with van der Waals surface area (Å²) in [5, 5.41) is 3.53. The Hall–Kier alpha value is -1.26. The first-order valence-corrected chi connectivity index (χ1v) is 6.62. The van der Waals surface area contributed by atoms with Crippen LogP contribution in [0.1, 0.15) is 19.3 Å². The number of likely N-dealkylation sites (tertiary alicyclic amines) is 1. The molecule has 18 heavy (non-hydrogen) atoms. The molecule has 0 bridgehead atoms. The lowest BCUT2D eigenvalue weighted by atomic mass is 10.0. The molecule has 0 spiro atoms. The molecule has 0 aliphatic carbocycles. The normalized spacial score (nSPS) is 19.7. The topological polar surface area (TPSA) is 58.4 Å². The lowest BCUT2D eigenvalue weighted by molar-refractivity contribution is 0.166. The van der Waals surface area contributed by atoms with E-state index in [9.17, 15) is 4.79 Å². The number of carbonyl (C=O) groups excluding carboxylic acids is 1. The van der Waals surface area contributed by atoms with Gasteiger partial charge in [-0.3, -0.25) is 0 Å². The van der Waals surface area contributed by atoms with Gasteiger partial charge in [0.05, 0.1) is 0 Å². The fraction of sp³-hybridized carbons (Fsp3) is 0.462. The molecule has 1 aromatic carbocycles. The van der Waals surface area contributed by atoms with E-state index in [0.29, 0.717) is 11.6 Å². The van der Waals surface area contributed by atoms with E-state index in [-0.39, 0.29) is 12.1 Å². The Bertz CT molecular complexity index is 407. The van der Waals surface area contributed by atoms with E-state index in [4.69, 9.17) is 17.3 Å². The first-order chi connectivity index (χ1) is 8.70. The molecule has 5 heteroatoms. The molecule has 1 fully saturated rings. The summed E-state index contributed by atoms with van der Waals surface area (Å²) < 4.78 is 0. The summed E-state index contributed by atoms with van der Waals surface area (Å²) in [6.45, 7) is 1.30. The number of anilines is 1. The first kappa shape index (κ1) is 13.2. The van der Waals surface area contributed by atoms with Gasteiger partial charge in [-0.15, -0.1) is 0 Å². The fourth-order valence-electron chi connectivity index (χ4n) is 2.24. The van der Waals surface area contributed by atoms with Crippen molar-refractivity contribution in [3.05, 3.63) is 29.3 Å². The van der Waals surface area contributed by atoms with Crippen LogP contribution in [0.2, 0.25) is 5.02 Å². The maximum Gasteiger partial charge on any atom is 0.322 e. The average molecular weight is 268 g/mol. The van der Waals surface area contributed by atoms with Crippen molar-refractivity contribution in [3.8, 4) is 0 Å². The van der Waals surface area contributed by atoms with Crippen LogP contribution in [-0.4, -0.2) is 30.1 Å². The van der Waals surface area contributed by atoms with E-state index < -0.39 is 0 Å². The molecule has 4 nitrogen and oxygen atoms in total. The summed E-state index contributed by atoms with van der Waals surface area (Å²) in [6.07, 6.45) is 3.18. The number of amides is 2. The van der Waals surface area contributed by atoms with Crippen LogP contribution >= 0.6 is 11.6 Å². The van der Waals surface area contributed by atoms with Crippen molar-refractivity contribution < 1.29 is 4.79 Å². The van der Waals surface area contributed by atoms with Crippen LogP contribution in [0, 0.1) is 0 Å². The van der Waals surface area contributed by atoms with Crippen molar-refractivity contribution >= 4 is 23.3 Å². The van der Waals surface area contributed by atoms with Crippen LogP contribution in [-0.2, 0) is 0 Å². The number of benzene rings is 1. The Morgan fingerprint density at radius 1 is 1.39 bits per heavy atom. The van der Waals surface area contributed by atoms with Crippen LogP contribution in [0.5, 0.6) is 0 Å².